The smallest absolute Gasteiger partial charge is 0.740 e. The molecule has 1 aliphatic heterocycles. The van der Waals surface area contributed by atoms with Crippen molar-refractivity contribution >= 4 is 24.2 Å². The van der Waals surface area contributed by atoms with Gasteiger partial charge in [0.2, 0.25) is 0 Å². The molecule has 128 valence electrons. The third kappa shape index (κ3) is 3.40. The normalized spacial score (nSPS) is 21.3. The van der Waals surface area contributed by atoms with E-state index in [1.165, 1.54) is 23.1 Å². The number of hydrogen-bond acceptors (Lipinski definition) is 4. The Morgan fingerprint density at radius 2 is 2.00 bits per heavy atom. The zero-order chi connectivity index (χ0) is 17.6. The van der Waals surface area contributed by atoms with E-state index in [4.69, 9.17) is 29.0 Å². The minimum Gasteiger partial charge on any atom is -0.740 e. The third-order valence-electron chi connectivity index (χ3n) is 4.23. The minimum atomic E-state index is -1.08. The van der Waals surface area contributed by atoms with Crippen LogP contribution in [0.5, 0.6) is 0 Å². The molecule has 2 heterocycles. The predicted molar refractivity (Wildman–Crippen MR) is 89.0 cm³/mol. The Kier molecular flexibility index (Phi) is 5.67. The van der Waals surface area contributed by atoms with Crippen LogP contribution in [0, 0.1) is 11.6 Å². The van der Waals surface area contributed by atoms with Gasteiger partial charge in [-0.3, -0.25) is 4.68 Å². The maximum Gasteiger partial charge on any atom is 1.00 e. The molecular formula is C17H11ClF2N3NaOS. The fraction of sp³-hybridized carbons (Fsp3) is 0.176. The van der Waals surface area contributed by atoms with Crippen LogP contribution >= 0.6 is 11.6 Å². The van der Waals surface area contributed by atoms with Gasteiger partial charge in [-0.25, -0.2) is 13.8 Å². The zero-order valence-corrected chi connectivity index (χ0v) is 17.3. The van der Waals surface area contributed by atoms with Gasteiger partial charge >= 0.3 is 29.6 Å². The molecule has 0 aliphatic carbocycles. The van der Waals surface area contributed by atoms with E-state index >= 15 is 0 Å². The molecule has 0 unspecified atom stereocenters. The van der Waals surface area contributed by atoms with Crippen LogP contribution in [0.4, 0.5) is 8.78 Å². The Morgan fingerprint density at radius 3 is 2.65 bits per heavy atom. The van der Waals surface area contributed by atoms with Crippen molar-refractivity contribution in [3.63, 3.8) is 0 Å². The SMILES string of the molecule is Fc1ccc([C@@]2(Cn3ncnc3[S-])O[C@@H]2c2ccccc2Cl)c(F)c1.[Na+]. The first-order chi connectivity index (χ1) is 12.0. The molecule has 1 aliphatic rings. The fourth-order valence-corrected chi connectivity index (χ4v) is 3.40. The number of epoxide rings is 1. The van der Waals surface area contributed by atoms with Crippen LogP contribution < -0.4 is 29.6 Å². The van der Waals surface area contributed by atoms with Crippen molar-refractivity contribution < 1.29 is 43.1 Å². The third-order valence-corrected chi connectivity index (χ3v) is 4.89. The van der Waals surface area contributed by atoms with Crippen LogP contribution in [0.25, 0.3) is 0 Å². The summed E-state index contributed by atoms with van der Waals surface area (Å²) >= 11 is 11.4. The van der Waals surface area contributed by atoms with Crippen molar-refractivity contribution in [2.24, 2.45) is 0 Å². The van der Waals surface area contributed by atoms with E-state index in [1.54, 1.807) is 12.1 Å². The molecule has 0 spiro atoms. The molecule has 1 fully saturated rings. The summed E-state index contributed by atoms with van der Waals surface area (Å²) < 4.78 is 35.2. The summed E-state index contributed by atoms with van der Waals surface area (Å²) in [6, 6.07) is 10.6. The molecule has 1 aromatic heterocycles. The number of hydrogen-bond donors (Lipinski definition) is 0. The molecule has 0 radical (unpaired) electrons. The number of nitrogens with zero attached hydrogens (tertiary/aromatic N) is 3. The zero-order valence-electron chi connectivity index (χ0n) is 13.7. The van der Waals surface area contributed by atoms with E-state index in [2.05, 4.69) is 10.1 Å². The van der Waals surface area contributed by atoms with Gasteiger partial charge in [0.15, 0.2) is 0 Å². The second-order valence-electron chi connectivity index (χ2n) is 5.73. The second kappa shape index (κ2) is 7.50. The van der Waals surface area contributed by atoms with E-state index in [0.29, 0.717) is 5.02 Å². The van der Waals surface area contributed by atoms with Crippen LogP contribution in [0.3, 0.4) is 0 Å². The molecule has 4 nitrogen and oxygen atoms in total. The fourth-order valence-electron chi connectivity index (χ4n) is 3.01. The van der Waals surface area contributed by atoms with Crippen LogP contribution in [-0.2, 0) is 29.5 Å². The molecule has 0 N–H and O–H groups in total. The maximum atomic E-state index is 14.5. The first-order valence-electron chi connectivity index (χ1n) is 7.44. The van der Waals surface area contributed by atoms with Gasteiger partial charge < -0.3 is 17.4 Å². The first-order valence-corrected chi connectivity index (χ1v) is 8.22. The molecule has 2 aromatic carbocycles. The average molecular weight is 402 g/mol. The number of benzene rings is 2. The van der Waals surface area contributed by atoms with E-state index in [0.717, 1.165) is 11.6 Å². The van der Waals surface area contributed by atoms with Gasteiger partial charge in [0.25, 0.3) is 0 Å². The monoisotopic (exact) mass is 401 g/mol. The van der Waals surface area contributed by atoms with E-state index in [1.807, 2.05) is 12.1 Å². The molecule has 1 saturated heterocycles. The van der Waals surface area contributed by atoms with E-state index in [-0.39, 0.29) is 46.8 Å². The summed E-state index contributed by atoms with van der Waals surface area (Å²) in [5.74, 6) is -1.35. The van der Waals surface area contributed by atoms with Gasteiger partial charge in [-0.15, -0.1) is 0 Å². The summed E-state index contributed by atoms with van der Waals surface area (Å²) in [6.07, 6.45) is 0.823. The largest absolute Gasteiger partial charge is 1.00 e. The topological polar surface area (TPSA) is 43.2 Å². The number of halogens is 3. The van der Waals surface area contributed by atoms with Crippen molar-refractivity contribution in [2.45, 2.75) is 23.4 Å². The van der Waals surface area contributed by atoms with E-state index in [9.17, 15) is 8.78 Å². The molecule has 26 heavy (non-hydrogen) atoms. The van der Waals surface area contributed by atoms with Crippen LogP contribution in [0.15, 0.2) is 53.9 Å². The summed E-state index contributed by atoms with van der Waals surface area (Å²) in [5, 5.41) is 4.82. The molecule has 0 bridgehead atoms. The predicted octanol–water partition coefficient (Wildman–Crippen LogP) is 0.787. The summed E-state index contributed by atoms with van der Waals surface area (Å²) in [4.78, 5) is 3.91. The molecule has 0 amide bonds. The Hall–Kier alpha value is -1.09. The molecule has 4 rings (SSSR count). The van der Waals surface area contributed by atoms with Gasteiger partial charge in [0.1, 0.15) is 29.7 Å². The van der Waals surface area contributed by atoms with Gasteiger partial charge in [-0.2, -0.15) is 5.10 Å². The van der Waals surface area contributed by atoms with Crippen molar-refractivity contribution in [3.05, 3.63) is 76.6 Å². The van der Waals surface area contributed by atoms with Gasteiger partial charge in [0.05, 0.1) is 6.54 Å². The average Bonchev–Trinajstić information content (AvgIpc) is 3.14. The Morgan fingerprint density at radius 1 is 1.23 bits per heavy atom. The summed E-state index contributed by atoms with van der Waals surface area (Å²) in [6.45, 7) is 0.143. The Labute approximate surface area is 181 Å². The molecule has 9 heteroatoms. The number of aromatic nitrogens is 3. The van der Waals surface area contributed by atoms with Crippen LogP contribution in [0.2, 0.25) is 5.02 Å². The quantitative estimate of drug-likeness (QED) is 0.368. The summed E-state index contributed by atoms with van der Waals surface area (Å²) in [7, 11) is 0. The Bertz CT molecular complexity index is 957. The van der Waals surface area contributed by atoms with Crippen molar-refractivity contribution in [3.8, 4) is 0 Å². The molecule has 2 atom stereocenters. The van der Waals surface area contributed by atoms with Gasteiger partial charge in [-0.1, -0.05) is 35.9 Å². The molecule has 3 aromatic rings. The minimum absolute atomic E-state index is 0. The van der Waals surface area contributed by atoms with E-state index < -0.39 is 23.3 Å². The second-order valence-corrected chi connectivity index (χ2v) is 6.51. The van der Waals surface area contributed by atoms with Gasteiger partial charge in [0, 0.05) is 27.4 Å². The van der Waals surface area contributed by atoms with Crippen molar-refractivity contribution in [1.82, 2.24) is 14.8 Å². The van der Waals surface area contributed by atoms with Crippen molar-refractivity contribution in [2.75, 3.05) is 0 Å². The summed E-state index contributed by atoms with van der Waals surface area (Å²) in [5.41, 5.74) is -0.132. The van der Waals surface area contributed by atoms with Crippen LogP contribution in [-0.4, -0.2) is 14.8 Å². The Balaban J connectivity index is 0.00000196. The maximum absolute atomic E-state index is 14.5. The van der Waals surface area contributed by atoms with Crippen LogP contribution in [0.1, 0.15) is 17.2 Å². The first kappa shape index (κ1) is 19.7. The molecular weight excluding hydrogens is 391 g/mol. The standard InChI is InChI=1S/C17H12ClF2N3OS.Na/c18-13-4-2-1-3-11(13)15-17(24-15,8-23-16(25)21-9-22-23)12-6-5-10(19)7-14(12)20;/h1-7,9,15H,8H2,(H,21,22,25);/q;+1/p-1/t15-,17-;/m1./s1. The number of rotatable bonds is 4. The van der Waals surface area contributed by atoms with Crippen molar-refractivity contribution in [1.29, 1.82) is 0 Å². The number of ether oxygens (including phenoxy) is 1. The molecule has 0 saturated carbocycles. The van der Waals surface area contributed by atoms with Gasteiger partial charge in [-0.05, 0) is 12.1 Å².